The van der Waals surface area contributed by atoms with Gasteiger partial charge < -0.3 is 10.6 Å². The first kappa shape index (κ1) is 18.5. The van der Waals surface area contributed by atoms with Crippen LogP contribution in [0.4, 0.5) is 11.4 Å². The van der Waals surface area contributed by atoms with Crippen LogP contribution in [0.25, 0.3) is 0 Å². The van der Waals surface area contributed by atoms with E-state index in [-0.39, 0.29) is 0 Å². The molecule has 2 N–H and O–H groups in total. The third kappa shape index (κ3) is 4.57. The van der Waals surface area contributed by atoms with Crippen molar-refractivity contribution in [3.63, 3.8) is 0 Å². The van der Waals surface area contributed by atoms with Crippen LogP contribution in [0, 0.1) is 0 Å². The topological polar surface area (TPSA) is 24.1 Å². The third-order valence-corrected chi connectivity index (χ3v) is 4.79. The van der Waals surface area contributed by atoms with Gasteiger partial charge in [0.05, 0.1) is 0 Å². The normalized spacial score (nSPS) is 11.8. The molecule has 0 amide bonds. The molecule has 3 heteroatoms. The standard InChI is InChI=1S/C21H28N2S/c1-5-15(4)18-11-13-19(14-12-18)22-21(24)23-20-16(6-2)9-8-10-17(20)7-3/h8-15H,5-7H2,1-4H3,(H2,22,23,24). The van der Waals surface area contributed by atoms with E-state index in [2.05, 4.69) is 80.8 Å². The van der Waals surface area contributed by atoms with Gasteiger partial charge in [0, 0.05) is 11.4 Å². The van der Waals surface area contributed by atoms with Gasteiger partial charge in [-0.15, -0.1) is 0 Å². The number of nitrogens with one attached hydrogen (secondary N) is 2. The predicted octanol–water partition coefficient (Wildman–Crippen LogP) is 6.13. The van der Waals surface area contributed by atoms with Gasteiger partial charge in [-0.3, -0.25) is 0 Å². The highest BCUT2D eigenvalue weighted by Crippen LogP contribution is 2.24. The van der Waals surface area contributed by atoms with Gasteiger partial charge in [-0.25, -0.2) is 0 Å². The maximum absolute atomic E-state index is 5.52. The third-order valence-electron chi connectivity index (χ3n) is 4.59. The Balaban J connectivity index is 2.09. The monoisotopic (exact) mass is 340 g/mol. The van der Waals surface area contributed by atoms with Crippen molar-refractivity contribution in [1.29, 1.82) is 0 Å². The van der Waals surface area contributed by atoms with Crippen molar-refractivity contribution < 1.29 is 0 Å². The molecule has 0 aromatic heterocycles. The fourth-order valence-corrected chi connectivity index (χ4v) is 3.03. The summed E-state index contributed by atoms with van der Waals surface area (Å²) in [6.07, 6.45) is 3.13. The molecule has 0 fully saturated rings. The van der Waals surface area contributed by atoms with Crippen LogP contribution in [0.5, 0.6) is 0 Å². The van der Waals surface area contributed by atoms with Gasteiger partial charge in [0.15, 0.2) is 5.11 Å². The van der Waals surface area contributed by atoms with Crippen molar-refractivity contribution in [2.75, 3.05) is 10.6 Å². The summed E-state index contributed by atoms with van der Waals surface area (Å²) >= 11 is 5.52. The summed E-state index contributed by atoms with van der Waals surface area (Å²) in [6, 6.07) is 15.0. The number of hydrogen-bond donors (Lipinski definition) is 2. The molecule has 0 aliphatic heterocycles. The van der Waals surface area contributed by atoms with E-state index in [1.807, 2.05) is 0 Å². The first-order valence-corrected chi connectivity index (χ1v) is 9.28. The fraction of sp³-hybridized carbons (Fsp3) is 0.381. The number of anilines is 2. The van der Waals surface area contributed by atoms with E-state index in [0.29, 0.717) is 11.0 Å². The van der Waals surface area contributed by atoms with Gasteiger partial charge in [-0.2, -0.15) is 0 Å². The molecule has 1 unspecified atom stereocenters. The SMILES string of the molecule is CCc1cccc(CC)c1NC(=S)Nc1ccc(C(C)CC)cc1. The number of hydrogen-bond acceptors (Lipinski definition) is 1. The summed E-state index contributed by atoms with van der Waals surface area (Å²) in [5.41, 5.74) is 6.13. The molecular weight excluding hydrogens is 312 g/mol. The zero-order valence-corrected chi connectivity index (χ0v) is 16.0. The Morgan fingerprint density at radius 1 is 0.917 bits per heavy atom. The Kier molecular flexibility index (Phi) is 6.80. The lowest BCUT2D eigenvalue weighted by molar-refractivity contribution is 0.734. The van der Waals surface area contributed by atoms with Crippen LogP contribution >= 0.6 is 12.2 Å². The molecule has 24 heavy (non-hydrogen) atoms. The molecule has 1 atom stereocenters. The van der Waals surface area contributed by atoms with Crippen molar-refractivity contribution in [2.24, 2.45) is 0 Å². The molecular formula is C21H28N2S. The maximum atomic E-state index is 5.52. The summed E-state index contributed by atoms with van der Waals surface area (Å²) < 4.78 is 0. The Hall–Kier alpha value is -1.87. The van der Waals surface area contributed by atoms with Crippen molar-refractivity contribution in [1.82, 2.24) is 0 Å². The van der Waals surface area contributed by atoms with Crippen LogP contribution < -0.4 is 10.6 Å². The molecule has 2 nitrogen and oxygen atoms in total. The molecule has 2 aromatic carbocycles. The highest BCUT2D eigenvalue weighted by atomic mass is 32.1. The highest BCUT2D eigenvalue weighted by molar-refractivity contribution is 7.80. The van der Waals surface area contributed by atoms with Crippen LogP contribution in [0.1, 0.15) is 56.7 Å². The van der Waals surface area contributed by atoms with Gasteiger partial charge in [0.1, 0.15) is 0 Å². The molecule has 0 radical (unpaired) electrons. The van der Waals surface area contributed by atoms with Crippen LogP contribution in [0.15, 0.2) is 42.5 Å². The van der Waals surface area contributed by atoms with E-state index >= 15 is 0 Å². The van der Waals surface area contributed by atoms with Gasteiger partial charge in [0.25, 0.3) is 0 Å². The largest absolute Gasteiger partial charge is 0.332 e. The average molecular weight is 341 g/mol. The first-order valence-electron chi connectivity index (χ1n) is 8.87. The summed E-state index contributed by atoms with van der Waals surface area (Å²) in [6.45, 7) is 8.81. The Morgan fingerprint density at radius 3 is 2.00 bits per heavy atom. The molecule has 128 valence electrons. The van der Waals surface area contributed by atoms with Crippen LogP contribution in [0.3, 0.4) is 0 Å². The second-order valence-corrected chi connectivity index (χ2v) is 6.58. The second-order valence-electron chi connectivity index (χ2n) is 6.17. The molecule has 0 heterocycles. The zero-order valence-electron chi connectivity index (χ0n) is 15.1. The van der Waals surface area contributed by atoms with Gasteiger partial charge in [0.2, 0.25) is 0 Å². The Labute approximate surface area is 151 Å². The van der Waals surface area contributed by atoms with Crippen LogP contribution in [0.2, 0.25) is 0 Å². The van der Waals surface area contributed by atoms with Crippen molar-refractivity contribution in [2.45, 2.75) is 52.9 Å². The van der Waals surface area contributed by atoms with Gasteiger partial charge in [-0.05, 0) is 66.2 Å². The molecule has 0 aliphatic rings. The summed E-state index contributed by atoms with van der Waals surface area (Å²) in [5.74, 6) is 0.590. The molecule has 2 aromatic rings. The summed E-state index contributed by atoms with van der Waals surface area (Å²) in [5, 5.41) is 7.34. The van der Waals surface area contributed by atoms with Crippen molar-refractivity contribution >= 4 is 28.7 Å². The zero-order chi connectivity index (χ0) is 17.5. The van der Waals surface area contributed by atoms with E-state index in [1.54, 1.807) is 0 Å². The van der Waals surface area contributed by atoms with Crippen LogP contribution in [-0.4, -0.2) is 5.11 Å². The molecule has 0 saturated carbocycles. The number of benzene rings is 2. The summed E-state index contributed by atoms with van der Waals surface area (Å²) in [7, 11) is 0. The van der Waals surface area contributed by atoms with E-state index < -0.39 is 0 Å². The summed E-state index contributed by atoms with van der Waals surface area (Å²) in [4.78, 5) is 0. The Bertz CT molecular complexity index is 654. The second kappa shape index (κ2) is 8.84. The molecule has 2 rings (SSSR count). The Morgan fingerprint density at radius 2 is 1.50 bits per heavy atom. The van der Waals surface area contributed by atoms with Crippen LogP contribution in [-0.2, 0) is 12.8 Å². The lowest BCUT2D eigenvalue weighted by Gasteiger charge is -2.17. The lowest BCUT2D eigenvalue weighted by atomic mass is 9.99. The minimum absolute atomic E-state index is 0.590. The average Bonchev–Trinajstić information content (AvgIpc) is 2.61. The number of aryl methyl sites for hydroxylation is 2. The minimum atomic E-state index is 0.590. The van der Waals surface area contributed by atoms with Gasteiger partial charge in [-0.1, -0.05) is 58.0 Å². The number of thiocarbonyl (C=S) groups is 1. The quantitative estimate of drug-likeness (QED) is 0.618. The molecule has 0 spiro atoms. The number of para-hydroxylation sites is 1. The van der Waals surface area contributed by atoms with E-state index in [4.69, 9.17) is 12.2 Å². The first-order chi connectivity index (χ1) is 11.6. The number of rotatable bonds is 6. The van der Waals surface area contributed by atoms with E-state index in [9.17, 15) is 0 Å². The van der Waals surface area contributed by atoms with Crippen molar-refractivity contribution in [3.05, 3.63) is 59.2 Å². The minimum Gasteiger partial charge on any atom is -0.332 e. The van der Waals surface area contributed by atoms with E-state index in [0.717, 1.165) is 30.6 Å². The smallest absolute Gasteiger partial charge is 0.175 e. The van der Waals surface area contributed by atoms with E-state index in [1.165, 1.54) is 16.7 Å². The molecule has 0 aliphatic carbocycles. The lowest BCUT2D eigenvalue weighted by Crippen LogP contribution is -2.21. The van der Waals surface area contributed by atoms with Gasteiger partial charge >= 0.3 is 0 Å². The highest BCUT2D eigenvalue weighted by Gasteiger charge is 2.08. The molecule has 0 bridgehead atoms. The molecule has 0 saturated heterocycles. The van der Waals surface area contributed by atoms with Crippen molar-refractivity contribution in [3.8, 4) is 0 Å². The maximum Gasteiger partial charge on any atom is 0.175 e. The fourth-order valence-electron chi connectivity index (χ4n) is 2.81. The predicted molar refractivity (Wildman–Crippen MR) is 110 cm³/mol.